The van der Waals surface area contributed by atoms with Crippen molar-refractivity contribution in [1.29, 1.82) is 0 Å². The van der Waals surface area contributed by atoms with Crippen molar-refractivity contribution in [3.05, 3.63) is 17.4 Å². The quantitative estimate of drug-likeness (QED) is 0.787. The monoisotopic (exact) mass is 341 g/mol. The highest BCUT2D eigenvalue weighted by Gasteiger charge is 2.33. The molecule has 1 aromatic rings. The number of rotatable bonds is 3. The van der Waals surface area contributed by atoms with Gasteiger partial charge < -0.3 is 14.4 Å². The third kappa shape index (κ3) is 4.19. The summed E-state index contributed by atoms with van der Waals surface area (Å²) < 4.78 is 10.7. The van der Waals surface area contributed by atoms with Crippen LogP contribution in [0.25, 0.3) is 0 Å². The number of hydrogen-bond acceptors (Lipinski definition) is 5. The van der Waals surface area contributed by atoms with Crippen LogP contribution in [-0.4, -0.2) is 48.4 Å². The Morgan fingerprint density at radius 2 is 2.17 bits per heavy atom. The predicted molar refractivity (Wildman–Crippen MR) is 90.2 cm³/mol. The average Bonchev–Trinajstić information content (AvgIpc) is 2.94. The molecule has 6 nitrogen and oxygen atoms in total. The molecule has 7 heteroatoms. The molecule has 23 heavy (non-hydrogen) atoms. The van der Waals surface area contributed by atoms with Crippen molar-refractivity contribution in [3.63, 3.8) is 0 Å². The van der Waals surface area contributed by atoms with E-state index in [4.69, 9.17) is 21.1 Å². The van der Waals surface area contributed by atoms with Gasteiger partial charge in [-0.3, -0.25) is 4.90 Å². The second-order valence-electron chi connectivity index (χ2n) is 6.59. The molecule has 1 saturated heterocycles. The van der Waals surface area contributed by atoms with E-state index in [1.165, 1.54) is 0 Å². The Hall–Kier alpha value is -1.69. The summed E-state index contributed by atoms with van der Waals surface area (Å²) in [5.41, 5.74) is 0.365. The van der Waals surface area contributed by atoms with Crippen LogP contribution < -0.4 is 9.64 Å². The first-order valence-electron chi connectivity index (χ1n) is 7.65. The molecule has 0 aromatic carbocycles. The van der Waals surface area contributed by atoms with Crippen LogP contribution in [0.5, 0.6) is 5.75 Å². The smallest absolute Gasteiger partial charge is 0.411 e. The number of methoxy groups -OCH3 is 1. The minimum Gasteiger partial charge on any atom is -0.493 e. The lowest BCUT2D eigenvalue weighted by molar-refractivity contribution is 0.0229. The molecule has 2 heterocycles. The second kappa shape index (κ2) is 6.83. The summed E-state index contributed by atoms with van der Waals surface area (Å²) in [4.78, 5) is 20.2. The Labute approximate surface area is 142 Å². The molecule has 0 aliphatic carbocycles. The van der Waals surface area contributed by atoms with Gasteiger partial charge in [-0.05, 0) is 33.6 Å². The molecular formula is C16H24ClN3O3. The van der Waals surface area contributed by atoms with Gasteiger partial charge in [0.2, 0.25) is 0 Å². The van der Waals surface area contributed by atoms with Crippen LogP contribution in [0.3, 0.4) is 0 Å². The van der Waals surface area contributed by atoms with Gasteiger partial charge in [-0.25, -0.2) is 9.78 Å². The van der Waals surface area contributed by atoms with E-state index in [-0.39, 0.29) is 12.3 Å². The number of pyridine rings is 1. The Morgan fingerprint density at radius 1 is 1.48 bits per heavy atom. The van der Waals surface area contributed by atoms with Gasteiger partial charge in [0.05, 0.1) is 19.0 Å². The van der Waals surface area contributed by atoms with Crippen LogP contribution >= 0.6 is 11.6 Å². The topological polar surface area (TPSA) is 54.9 Å². The highest BCUT2D eigenvalue weighted by molar-refractivity contribution is 6.30. The number of carbonyl (C=O) groups excluding carboxylic acids is 1. The number of nitrogens with zero attached hydrogens (tertiary/aromatic N) is 3. The summed E-state index contributed by atoms with van der Waals surface area (Å²) in [5.74, 6) is 0.523. The molecule has 0 saturated carbocycles. The summed E-state index contributed by atoms with van der Waals surface area (Å²) in [6, 6.07) is 1.84. The van der Waals surface area contributed by atoms with E-state index in [2.05, 4.69) is 9.88 Å². The number of hydrogen-bond donors (Lipinski definition) is 0. The summed E-state index contributed by atoms with van der Waals surface area (Å²) in [6.45, 7) is 6.42. The first-order chi connectivity index (χ1) is 10.7. The molecule has 128 valence electrons. The van der Waals surface area contributed by atoms with Crippen molar-refractivity contribution in [2.45, 2.75) is 45.4 Å². The summed E-state index contributed by atoms with van der Waals surface area (Å²) in [5, 5.41) is 0.326. The summed E-state index contributed by atoms with van der Waals surface area (Å²) in [7, 11) is 3.32. The minimum absolute atomic E-state index is 0.0717. The van der Waals surface area contributed by atoms with E-state index >= 15 is 0 Å². The summed E-state index contributed by atoms with van der Waals surface area (Å²) in [6.07, 6.45) is 3.16. The molecule has 1 aromatic heterocycles. The highest BCUT2D eigenvalue weighted by atomic mass is 35.5. The number of amides is 1. The summed E-state index contributed by atoms with van der Waals surface area (Å²) >= 11 is 5.99. The number of halogens is 1. The maximum atomic E-state index is 12.3. The first kappa shape index (κ1) is 17.7. The lowest BCUT2D eigenvalue weighted by Gasteiger charge is -2.35. The maximum Gasteiger partial charge on any atom is 0.411 e. The van der Waals surface area contributed by atoms with Gasteiger partial charge in [-0.15, -0.1) is 0 Å². The van der Waals surface area contributed by atoms with Crippen molar-refractivity contribution in [2.24, 2.45) is 0 Å². The fraction of sp³-hybridized carbons (Fsp3) is 0.625. The van der Waals surface area contributed by atoms with E-state index in [1.54, 1.807) is 25.3 Å². The Balaban J connectivity index is 2.18. The molecule has 1 fully saturated rings. The second-order valence-corrected chi connectivity index (χ2v) is 6.95. The molecule has 2 rings (SSSR count). The van der Waals surface area contributed by atoms with Crippen LogP contribution in [0.15, 0.2) is 12.3 Å². The molecule has 1 unspecified atom stereocenters. The zero-order chi connectivity index (χ0) is 17.2. The Kier molecular flexibility index (Phi) is 5.24. The van der Waals surface area contributed by atoms with Gasteiger partial charge in [-0.1, -0.05) is 11.6 Å². The van der Waals surface area contributed by atoms with E-state index in [0.717, 1.165) is 25.1 Å². The fourth-order valence-electron chi connectivity index (χ4n) is 2.63. The predicted octanol–water partition coefficient (Wildman–Crippen LogP) is 3.54. The first-order valence-corrected chi connectivity index (χ1v) is 8.02. The van der Waals surface area contributed by atoms with Crippen LogP contribution in [0.1, 0.15) is 33.6 Å². The third-order valence-electron chi connectivity index (χ3n) is 3.69. The highest BCUT2D eigenvalue weighted by Crippen LogP contribution is 2.32. The van der Waals surface area contributed by atoms with E-state index in [1.807, 2.05) is 26.8 Å². The van der Waals surface area contributed by atoms with Crippen LogP contribution in [0, 0.1) is 0 Å². The van der Waals surface area contributed by atoms with Gasteiger partial charge in [0.15, 0.2) is 10.9 Å². The zero-order valence-corrected chi connectivity index (χ0v) is 15.1. The Morgan fingerprint density at radius 3 is 2.78 bits per heavy atom. The molecule has 0 spiro atoms. The van der Waals surface area contributed by atoms with Gasteiger partial charge >= 0.3 is 6.09 Å². The fourth-order valence-corrected chi connectivity index (χ4v) is 2.81. The molecule has 1 amide bonds. The van der Waals surface area contributed by atoms with Crippen molar-refractivity contribution in [2.75, 3.05) is 25.6 Å². The van der Waals surface area contributed by atoms with E-state index < -0.39 is 5.60 Å². The Bertz CT molecular complexity index is 574. The standard InChI is InChI=1S/C16H24ClN3O3/c1-16(2,3)23-15(21)19(4)13-7-6-8-20(13)11-9-12(22-5)14(17)18-10-11/h9-10,13H,6-8H2,1-5H3. The van der Waals surface area contributed by atoms with Gasteiger partial charge in [0.1, 0.15) is 11.8 Å². The number of carbonyl (C=O) groups is 1. The number of anilines is 1. The van der Waals surface area contributed by atoms with Crippen LogP contribution in [-0.2, 0) is 4.74 Å². The molecule has 1 atom stereocenters. The van der Waals surface area contributed by atoms with Crippen LogP contribution in [0.2, 0.25) is 5.15 Å². The molecule has 0 radical (unpaired) electrons. The van der Waals surface area contributed by atoms with E-state index in [0.29, 0.717) is 10.9 Å². The SMILES string of the molecule is COc1cc(N2CCCC2N(C)C(=O)OC(C)(C)C)cnc1Cl. The number of aromatic nitrogens is 1. The molecule has 1 aliphatic heterocycles. The van der Waals surface area contributed by atoms with Gasteiger partial charge in [-0.2, -0.15) is 0 Å². The molecule has 0 bridgehead atoms. The van der Waals surface area contributed by atoms with Crippen LogP contribution in [0.4, 0.5) is 10.5 Å². The van der Waals surface area contributed by atoms with Gasteiger partial charge in [0.25, 0.3) is 0 Å². The van der Waals surface area contributed by atoms with Crippen molar-refractivity contribution >= 4 is 23.4 Å². The molecular weight excluding hydrogens is 318 g/mol. The van der Waals surface area contributed by atoms with Crippen molar-refractivity contribution in [1.82, 2.24) is 9.88 Å². The van der Waals surface area contributed by atoms with E-state index in [9.17, 15) is 4.79 Å². The number of ether oxygens (including phenoxy) is 2. The van der Waals surface area contributed by atoms with Crippen molar-refractivity contribution < 1.29 is 14.3 Å². The minimum atomic E-state index is -0.514. The largest absolute Gasteiger partial charge is 0.493 e. The third-order valence-corrected chi connectivity index (χ3v) is 3.98. The lowest BCUT2D eigenvalue weighted by atomic mass is 10.2. The van der Waals surface area contributed by atoms with Gasteiger partial charge in [0, 0.05) is 19.7 Å². The lowest BCUT2D eigenvalue weighted by Crippen LogP contribution is -2.47. The maximum absolute atomic E-state index is 12.3. The molecule has 1 aliphatic rings. The average molecular weight is 342 g/mol. The van der Waals surface area contributed by atoms with Crippen molar-refractivity contribution in [3.8, 4) is 5.75 Å². The molecule has 0 N–H and O–H groups in total. The normalized spacial score (nSPS) is 18.0. The zero-order valence-electron chi connectivity index (χ0n) is 14.3.